The van der Waals surface area contributed by atoms with Gasteiger partial charge < -0.3 is 10.6 Å². The number of hydrogen-bond donors (Lipinski definition) is 2. The Morgan fingerprint density at radius 3 is 2.00 bits per heavy atom. The summed E-state index contributed by atoms with van der Waals surface area (Å²) in [4.78, 5) is 21.5. The van der Waals surface area contributed by atoms with Gasteiger partial charge in [-0.2, -0.15) is 0 Å². The molecule has 2 amide bonds. The number of amides is 2. The quantitative estimate of drug-likeness (QED) is 0.395. The zero-order valence-electron chi connectivity index (χ0n) is 7.82. The zero-order chi connectivity index (χ0) is 9.57. The van der Waals surface area contributed by atoms with E-state index in [0.717, 1.165) is 0 Å². The molecule has 0 atom stereocenters. The summed E-state index contributed by atoms with van der Waals surface area (Å²) in [7, 11) is 0. The lowest BCUT2D eigenvalue weighted by molar-refractivity contribution is -0.130. The molecule has 1 aliphatic heterocycles. The van der Waals surface area contributed by atoms with E-state index in [2.05, 4.69) is 0 Å². The van der Waals surface area contributed by atoms with Crippen molar-refractivity contribution in [2.45, 2.75) is 0 Å². The normalized spacial score (nSPS) is 39.5. The second-order valence-electron chi connectivity index (χ2n) is 1.16. The minimum absolute atomic E-state index is 1.19. The van der Waals surface area contributed by atoms with Crippen LogP contribution in [-0.4, -0.2) is 24.8 Å². The summed E-state index contributed by atoms with van der Waals surface area (Å²) >= 11 is 0. The third kappa shape index (κ3) is 0.959. The van der Waals surface area contributed by atoms with Gasteiger partial charge in [0.25, 0.3) is 0 Å². The van der Waals surface area contributed by atoms with Crippen LogP contribution in [0.15, 0.2) is 0 Å². The molecule has 4 nitrogen and oxygen atoms in total. The highest BCUT2D eigenvalue weighted by Crippen LogP contribution is 1.72. The van der Waals surface area contributed by atoms with Crippen molar-refractivity contribution in [1.29, 1.82) is 0 Å². The third-order valence-corrected chi connectivity index (χ3v) is 0.579. The van der Waals surface area contributed by atoms with E-state index in [9.17, 15) is 9.59 Å². The summed E-state index contributed by atoms with van der Waals surface area (Å²) in [6, 6.07) is 0. The molecule has 0 spiro atoms. The maximum Gasteiger partial charge on any atom is 0.239 e. The van der Waals surface area contributed by atoms with Gasteiger partial charge in [-0.1, -0.05) is 0 Å². The van der Waals surface area contributed by atoms with Crippen LogP contribution in [0.2, 0.25) is 0 Å². The molecule has 1 fully saturated rings. The van der Waals surface area contributed by atoms with Crippen molar-refractivity contribution < 1.29 is 15.1 Å². The van der Waals surface area contributed by atoms with Gasteiger partial charge in [0.05, 0.1) is 18.5 Å². The predicted molar refractivity (Wildman–Crippen MR) is 26.0 cm³/mol. The van der Waals surface area contributed by atoms with E-state index >= 15 is 0 Å². The van der Waals surface area contributed by atoms with Crippen molar-refractivity contribution in [2.24, 2.45) is 0 Å². The van der Waals surface area contributed by atoms with Gasteiger partial charge in [0.1, 0.15) is 0 Å². The SMILES string of the molecule is [2H]C1([2H])NC(=O)C([2H])([2H])NC1=O. The van der Waals surface area contributed by atoms with Crippen molar-refractivity contribution in [1.82, 2.24) is 10.6 Å². The molecule has 0 radical (unpaired) electrons. The first-order valence-corrected chi connectivity index (χ1v) is 1.91. The average molecular weight is 118 g/mol. The molecule has 1 rings (SSSR count). The zero-order valence-corrected chi connectivity index (χ0v) is 3.82. The highest BCUT2D eigenvalue weighted by atomic mass is 16.2. The van der Waals surface area contributed by atoms with Crippen LogP contribution in [0.4, 0.5) is 0 Å². The van der Waals surface area contributed by atoms with Gasteiger partial charge in [-0.05, 0) is 0 Å². The lowest BCUT2D eigenvalue weighted by Crippen LogP contribution is -2.48. The van der Waals surface area contributed by atoms with E-state index < -0.39 is 24.8 Å². The number of rotatable bonds is 0. The molecule has 1 saturated heterocycles. The van der Waals surface area contributed by atoms with E-state index in [4.69, 9.17) is 5.48 Å². The number of hydrogen-bond acceptors (Lipinski definition) is 2. The van der Waals surface area contributed by atoms with Crippen LogP contribution in [0.1, 0.15) is 5.48 Å². The molecule has 2 N–H and O–H groups in total. The maximum absolute atomic E-state index is 10.7. The monoisotopic (exact) mass is 118 g/mol. The Balaban J connectivity index is 2.91. The molecule has 44 valence electrons. The third-order valence-electron chi connectivity index (χ3n) is 0.579. The van der Waals surface area contributed by atoms with Crippen molar-refractivity contribution in [3.8, 4) is 0 Å². The second-order valence-corrected chi connectivity index (χ2v) is 1.16. The van der Waals surface area contributed by atoms with Gasteiger partial charge in [-0.25, -0.2) is 0 Å². The molecule has 0 aromatic rings. The molecule has 0 aromatic heterocycles. The maximum atomic E-state index is 10.7. The Kier molecular flexibility index (Phi) is 0.464. The smallest absolute Gasteiger partial charge is 0.239 e. The van der Waals surface area contributed by atoms with E-state index in [1.54, 1.807) is 10.6 Å². The van der Waals surface area contributed by atoms with Crippen LogP contribution in [0.25, 0.3) is 0 Å². The Morgan fingerprint density at radius 1 is 1.25 bits per heavy atom. The van der Waals surface area contributed by atoms with E-state index in [1.165, 1.54) is 0 Å². The first kappa shape index (κ1) is 2.05. The van der Waals surface area contributed by atoms with Gasteiger partial charge in [-0.3, -0.25) is 9.59 Å². The topological polar surface area (TPSA) is 58.2 Å². The number of carbonyl (C=O) groups is 2. The summed E-state index contributed by atoms with van der Waals surface area (Å²) in [6.45, 7) is -5.05. The highest BCUT2D eigenvalue weighted by Gasteiger charge is 2.11. The minimum Gasteiger partial charge on any atom is -0.346 e. The van der Waals surface area contributed by atoms with Gasteiger partial charge in [-0.15, -0.1) is 0 Å². The Labute approximate surface area is 51.9 Å². The average Bonchev–Trinajstić information content (AvgIpc) is 1.82. The molecule has 0 saturated carbocycles. The van der Waals surface area contributed by atoms with Gasteiger partial charge >= 0.3 is 0 Å². The van der Waals surface area contributed by atoms with Crippen molar-refractivity contribution in [3.05, 3.63) is 0 Å². The molecule has 0 aromatic carbocycles. The van der Waals surface area contributed by atoms with Crippen molar-refractivity contribution in [2.75, 3.05) is 13.0 Å². The summed E-state index contributed by atoms with van der Waals surface area (Å²) < 4.78 is 27.6. The fourth-order valence-corrected chi connectivity index (χ4v) is 0.290. The summed E-state index contributed by atoms with van der Waals surface area (Å²) in [5.41, 5.74) is 0. The summed E-state index contributed by atoms with van der Waals surface area (Å²) in [5.74, 6) is -2.38. The van der Waals surface area contributed by atoms with Gasteiger partial charge in [0.2, 0.25) is 11.8 Å². The predicted octanol–water partition coefficient (Wildman–Crippen LogP) is -1.77. The fraction of sp³-hybridized carbons (Fsp3) is 0.500. The largest absolute Gasteiger partial charge is 0.346 e. The van der Waals surface area contributed by atoms with Gasteiger partial charge in [0.15, 0.2) is 0 Å². The van der Waals surface area contributed by atoms with Crippen molar-refractivity contribution >= 4 is 11.8 Å². The van der Waals surface area contributed by atoms with E-state index in [1.807, 2.05) is 0 Å². The van der Waals surface area contributed by atoms with Crippen LogP contribution in [0, 0.1) is 0 Å². The van der Waals surface area contributed by atoms with Crippen molar-refractivity contribution in [3.63, 3.8) is 0 Å². The lowest BCUT2D eigenvalue weighted by Gasteiger charge is -2.10. The summed E-state index contributed by atoms with van der Waals surface area (Å²) in [5, 5.41) is 3.21. The highest BCUT2D eigenvalue weighted by molar-refractivity contribution is 5.92. The Morgan fingerprint density at radius 2 is 1.62 bits per heavy atom. The molecular weight excluding hydrogens is 108 g/mol. The number of piperazine rings is 1. The molecule has 0 unspecified atom stereocenters. The molecular formula is C4H6N2O2. The number of carbonyl (C=O) groups excluding carboxylic acids is 2. The molecule has 8 heavy (non-hydrogen) atoms. The first-order chi connectivity index (χ1) is 5.26. The molecule has 0 bridgehead atoms. The fourth-order valence-electron chi connectivity index (χ4n) is 0.290. The van der Waals surface area contributed by atoms with Crippen LogP contribution in [0.3, 0.4) is 0 Å². The number of nitrogens with one attached hydrogen (secondary N) is 2. The minimum atomic E-state index is -2.53. The molecule has 1 heterocycles. The van der Waals surface area contributed by atoms with Crippen LogP contribution < -0.4 is 10.6 Å². The summed E-state index contributed by atoms with van der Waals surface area (Å²) in [6.07, 6.45) is 0. The Hall–Kier alpha value is -1.06. The Bertz CT molecular complexity index is 225. The lowest BCUT2D eigenvalue weighted by atomic mass is 10.4. The van der Waals surface area contributed by atoms with E-state index in [0.29, 0.717) is 0 Å². The van der Waals surface area contributed by atoms with Crippen LogP contribution in [-0.2, 0) is 9.59 Å². The van der Waals surface area contributed by atoms with Crippen LogP contribution >= 0.6 is 0 Å². The molecule has 4 heteroatoms. The molecule has 0 aliphatic carbocycles. The second kappa shape index (κ2) is 1.81. The van der Waals surface area contributed by atoms with E-state index in [-0.39, 0.29) is 0 Å². The first-order valence-electron chi connectivity index (χ1n) is 3.91. The van der Waals surface area contributed by atoms with Gasteiger partial charge in [0, 0.05) is 0 Å². The molecule has 1 aliphatic rings. The standard InChI is InChI=1S/C4H6N2O2/c7-3-1-5-4(8)2-6-3/h1-2H2,(H,5,8)(H,6,7)/i1D2,2D2. The van der Waals surface area contributed by atoms with Crippen LogP contribution in [0.5, 0.6) is 0 Å².